The number of carbonyl (C=O) groups excluding carboxylic acids is 1. The Hall–Kier alpha value is -1.26. The zero-order chi connectivity index (χ0) is 15.4. The molecule has 0 fully saturated rings. The van der Waals surface area contributed by atoms with Crippen LogP contribution in [-0.2, 0) is 4.74 Å². The van der Waals surface area contributed by atoms with Gasteiger partial charge in [0.15, 0.2) is 0 Å². The topological polar surface area (TPSA) is 63.6 Å². The molecule has 20 heavy (non-hydrogen) atoms. The van der Waals surface area contributed by atoms with Gasteiger partial charge in [-0.15, -0.1) is 0 Å². The first-order valence-electron chi connectivity index (χ1n) is 6.21. The highest BCUT2D eigenvalue weighted by atomic mass is 35.5. The van der Waals surface area contributed by atoms with Crippen LogP contribution in [0.5, 0.6) is 0 Å². The first-order valence-corrected chi connectivity index (χ1v) is 6.96. The van der Waals surface area contributed by atoms with Crippen LogP contribution >= 0.6 is 23.2 Å². The summed E-state index contributed by atoms with van der Waals surface area (Å²) in [4.78, 5) is 23.3. The normalized spacial score (nSPS) is 12.3. The summed E-state index contributed by atoms with van der Waals surface area (Å²) < 4.78 is 5.33. The number of carbonyl (C=O) groups is 2. The van der Waals surface area contributed by atoms with E-state index in [1.807, 2.05) is 20.8 Å². The fourth-order valence-electron chi connectivity index (χ4n) is 1.78. The molecular formula is C14H16Cl2O4. The Morgan fingerprint density at radius 3 is 2.10 bits per heavy atom. The molecule has 0 radical (unpaired) electrons. The third kappa shape index (κ3) is 3.87. The van der Waals surface area contributed by atoms with Crippen LogP contribution in [0.25, 0.3) is 0 Å². The van der Waals surface area contributed by atoms with Gasteiger partial charge in [0.1, 0.15) is 6.10 Å². The van der Waals surface area contributed by atoms with E-state index in [0.29, 0.717) is 6.42 Å². The predicted octanol–water partition coefficient (Wildman–Crippen LogP) is 4.28. The Morgan fingerprint density at radius 1 is 1.20 bits per heavy atom. The first-order chi connectivity index (χ1) is 9.27. The maximum atomic E-state index is 12.1. The van der Waals surface area contributed by atoms with Crippen LogP contribution in [0.15, 0.2) is 12.1 Å². The van der Waals surface area contributed by atoms with E-state index in [2.05, 4.69) is 0 Å². The number of benzene rings is 1. The van der Waals surface area contributed by atoms with Crippen molar-refractivity contribution in [1.82, 2.24) is 0 Å². The Bertz CT molecular complexity index is 526. The standard InChI is InChI=1S/C14H16Cl2O4/c1-4-12(7(2)3)20-14(19)9-6-11(16)10(15)5-8(9)13(17)18/h5-7,12H,4H2,1-3H3,(H,17,18). The van der Waals surface area contributed by atoms with Crippen LogP contribution in [0, 0.1) is 5.92 Å². The summed E-state index contributed by atoms with van der Waals surface area (Å²) in [6.07, 6.45) is 0.367. The van der Waals surface area contributed by atoms with Gasteiger partial charge in [0.2, 0.25) is 0 Å². The third-order valence-electron chi connectivity index (χ3n) is 2.92. The Kier molecular flexibility index (Phi) is 5.84. The number of ether oxygens (including phenoxy) is 1. The molecule has 110 valence electrons. The number of hydrogen-bond donors (Lipinski definition) is 1. The average molecular weight is 319 g/mol. The van der Waals surface area contributed by atoms with Crippen molar-refractivity contribution in [2.24, 2.45) is 5.92 Å². The van der Waals surface area contributed by atoms with E-state index < -0.39 is 11.9 Å². The Balaban J connectivity index is 3.15. The minimum Gasteiger partial charge on any atom is -0.478 e. The second-order valence-electron chi connectivity index (χ2n) is 4.71. The molecular weight excluding hydrogens is 303 g/mol. The zero-order valence-electron chi connectivity index (χ0n) is 11.4. The highest BCUT2D eigenvalue weighted by Crippen LogP contribution is 2.27. The molecule has 0 aliphatic rings. The molecule has 1 aromatic carbocycles. The van der Waals surface area contributed by atoms with Gasteiger partial charge < -0.3 is 9.84 Å². The number of esters is 1. The van der Waals surface area contributed by atoms with E-state index >= 15 is 0 Å². The summed E-state index contributed by atoms with van der Waals surface area (Å²) in [5, 5.41) is 9.31. The van der Waals surface area contributed by atoms with Crippen molar-refractivity contribution in [2.75, 3.05) is 0 Å². The van der Waals surface area contributed by atoms with Gasteiger partial charge in [-0.25, -0.2) is 9.59 Å². The summed E-state index contributed by atoms with van der Waals surface area (Å²) in [6.45, 7) is 5.74. The lowest BCUT2D eigenvalue weighted by molar-refractivity contribution is 0.0169. The first kappa shape index (κ1) is 16.8. The number of halogens is 2. The van der Waals surface area contributed by atoms with Crippen LogP contribution in [0.4, 0.5) is 0 Å². The highest BCUT2D eigenvalue weighted by Gasteiger charge is 2.23. The third-order valence-corrected chi connectivity index (χ3v) is 3.64. The van der Waals surface area contributed by atoms with Gasteiger partial charge >= 0.3 is 11.9 Å². The van der Waals surface area contributed by atoms with Crippen molar-refractivity contribution < 1.29 is 19.4 Å². The molecule has 1 unspecified atom stereocenters. The van der Waals surface area contributed by atoms with E-state index in [4.69, 9.17) is 33.0 Å². The van der Waals surface area contributed by atoms with Crippen molar-refractivity contribution in [1.29, 1.82) is 0 Å². The molecule has 0 aromatic heterocycles. The molecule has 1 atom stereocenters. The quantitative estimate of drug-likeness (QED) is 0.823. The predicted molar refractivity (Wildman–Crippen MR) is 77.8 cm³/mol. The van der Waals surface area contributed by atoms with E-state index in [0.717, 1.165) is 6.07 Å². The van der Waals surface area contributed by atoms with Crippen molar-refractivity contribution in [3.05, 3.63) is 33.3 Å². The molecule has 0 heterocycles. The fourth-order valence-corrected chi connectivity index (χ4v) is 2.11. The molecule has 0 aliphatic carbocycles. The summed E-state index contributed by atoms with van der Waals surface area (Å²) >= 11 is 11.6. The lowest BCUT2D eigenvalue weighted by Crippen LogP contribution is -2.24. The number of carboxylic acids is 1. The minimum absolute atomic E-state index is 0.0801. The van der Waals surface area contributed by atoms with Gasteiger partial charge in [0, 0.05) is 0 Å². The Morgan fingerprint density at radius 2 is 1.70 bits per heavy atom. The van der Waals surface area contributed by atoms with Crippen molar-refractivity contribution in [3.63, 3.8) is 0 Å². The van der Waals surface area contributed by atoms with E-state index in [1.165, 1.54) is 6.07 Å². The maximum Gasteiger partial charge on any atom is 0.339 e. The summed E-state index contributed by atoms with van der Waals surface area (Å²) in [6, 6.07) is 2.38. The summed E-state index contributed by atoms with van der Waals surface area (Å²) in [7, 11) is 0. The largest absolute Gasteiger partial charge is 0.478 e. The Labute approximate surface area is 127 Å². The summed E-state index contributed by atoms with van der Waals surface area (Å²) in [5.74, 6) is -1.82. The van der Waals surface area contributed by atoms with Crippen LogP contribution in [0.2, 0.25) is 10.0 Å². The van der Waals surface area contributed by atoms with Crippen LogP contribution in [-0.4, -0.2) is 23.1 Å². The van der Waals surface area contributed by atoms with Crippen LogP contribution in [0.3, 0.4) is 0 Å². The number of aromatic carboxylic acids is 1. The molecule has 0 aliphatic heterocycles. The molecule has 0 amide bonds. The number of rotatable bonds is 5. The molecule has 0 spiro atoms. The van der Waals surface area contributed by atoms with Crippen LogP contribution in [0.1, 0.15) is 47.9 Å². The van der Waals surface area contributed by atoms with Gasteiger partial charge in [-0.05, 0) is 24.5 Å². The lowest BCUT2D eigenvalue weighted by Gasteiger charge is -2.20. The molecule has 1 rings (SSSR count). The molecule has 6 heteroatoms. The molecule has 0 saturated carbocycles. The lowest BCUT2D eigenvalue weighted by atomic mass is 10.0. The minimum atomic E-state index is -1.26. The van der Waals surface area contributed by atoms with E-state index in [9.17, 15) is 9.59 Å². The SMILES string of the molecule is CCC(OC(=O)c1cc(Cl)c(Cl)cc1C(=O)O)C(C)C. The summed E-state index contributed by atoms with van der Waals surface area (Å²) in [5.41, 5.74) is -0.311. The zero-order valence-corrected chi connectivity index (χ0v) is 13.0. The fraction of sp³-hybridized carbons (Fsp3) is 0.429. The van der Waals surface area contributed by atoms with Gasteiger partial charge in [-0.3, -0.25) is 0 Å². The maximum absolute atomic E-state index is 12.1. The van der Waals surface area contributed by atoms with E-state index in [1.54, 1.807) is 0 Å². The van der Waals surface area contributed by atoms with Crippen molar-refractivity contribution in [3.8, 4) is 0 Å². The highest BCUT2D eigenvalue weighted by molar-refractivity contribution is 6.42. The molecule has 4 nitrogen and oxygen atoms in total. The molecule has 0 saturated heterocycles. The average Bonchev–Trinajstić information content (AvgIpc) is 2.37. The number of hydrogen-bond acceptors (Lipinski definition) is 3. The molecule has 0 bridgehead atoms. The van der Waals surface area contributed by atoms with Gasteiger partial charge in [0.25, 0.3) is 0 Å². The van der Waals surface area contributed by atoms with Crippen LogP contribution < -0.4 is 0 Å². The van der Waals surface area contributed by atoms with E-state index in [-0.39, 0.29) is 33.2 Å². The van der Waals surface area contributed by atoms with Crippen molar-refractivity contribution >= 4 is 35.1 Å². The van der Waals surface area contributed by atoms with Gasteiger partial charge in [-0.2, -0.15) is 0 Å². The second-order valence-corrected chi connectivity index (χ2v) is 5.53. The molecule has 1 aromatic rings. The smallest absolute Gasteiger partial charge is 0.339 e. The van der Waals surface area contributed by atoms with Crippen molar-refractivity contribution in [2.45, 2.75) is 33.3 Å². The molecule has 1 N–H and O–H groups in total. The van der Waals surface area contributed by atoms with Gasteiger partial charge in [0.05, 0.1) is 21.2 Å². The number of carboxylic acid groups (broad SMARTS) is 1. The van der Waals surface area contributed by atoms with Gasteiger partial charge in [-0.1, -0.05) is 44.0 Å². The monoisotopic (exact) mass is 318 g/mol. The second kappa shape index (κ2) is 6.95.